The molecule has 0 aliphatic rings. The van der Waals surface area contributed by atoms with Gasteiger partial charge in [0.15, 0.2) is 0 Å². The fraction of sp³-hybridized carbons (Fsp3) is 0.100. The highest BCUT2D eigenvalue weighted by Gasteiger charge is 2.05. The van der Waals surface area contributed by atoms with Gasteiger partial charge < -0.3 is 14.2 Å². The lowest BCUT2D eigenvalue weighted by Crippen LogP contribution is -2.10. The standard InChI is InChI=1S/C30H26O4/c1-3-30(31)34-19-18-33-29-16-12-23(13-17-29)25-7-5-9-27(21-25)26-8-4-6-24(20-26)22-10-14-28(32-2)15-11-22/h3-17,20-21H,1,18-19H2,2H3. The van der Waals surface area contributed by atoms with E-state index in [4.69, 9.17) is 14.2 Å². The average molecular weight is 451 g/mol. The van der Waals surface area contributed by atoms with Crippen LogP contribution in [0.5, 0.6) is 11.5 Å². The number of ether oxygens (including phenoxy) is 3. The number of rotatable bonds is 9. The fourth-order valence-corrected chi connectivity index (χ4v) is 3.64. The van der Waals surface area contributed by atoms with Crippen LogP contribution < -0.4 is 9.47 Å². The number of carbonyl (C=O) groups excluding carboxylic acids is 1. The molecule has 0 spiro atoms. The van der Waals surface area contributed by atoms with Crippen LogP contribution in [0.25, 0.3) is 33.4 Å². The third-order valence-electron chi connectivity index (χ3n) is 5.43. The van der Waals surface area contributed by atoms with Crippen molar-refractivity contribution in [3.05, 3.63) is 110 Å². The Morgan fingerprint density at radius 2 is 1.15 bits per heavy atom. The highest BCUT2D eigenvalue weighted by atomic mass is 16.6. The second kappa shape index (κ2) is 11.0. The van der Waals surface area contributed by atoms with Gasteiger partial charge in [-0.15, -0.1) is 0 Å². The molecule has 0 fully saturated rings. The molecule has 4 aromatic carbocycles. The predicted octanol–water partition coefficient (Wildman–Crippen LogP) is 6.80. The number of hydrogen-bond donors (Lipinski definition) is 0. The number of esters is 1. The molecular weight excluding hydrogens is 424 g/mol. The van der Waals surface area contributed by atoms with Gasteiger partial charge in [-0.05, 0) is 69.8 Å². The van der Waals surface area contributed by atoms with Crippen molar-refractivity contribution in [2.75, 3.05) is 20.3 Å². The maximum atomic E-state index is 11.1. The van der Waals surface area contributed by atoms with E-state index in [0.717, 1.165) is 51.0 Å². The Labute approximate surface area is 200 Å². The minimum Gasteiger partial charge on any atom is -0.497 e. The summed E-state index contributed by atoms with van der Waals surface area (Å²) in [5.41, 5.74) is 6.83. The Hall–Kier alpha value is -4.31. The van der Waals surface area contributed by atoms with Crippen molar-refractivity contribution in [3.8, 4) is 44.9 Å². The molecule has 0 aliphatic heterocycles. The van der Waals surface area contributed by atoms with Gasteiger partial charge in [-0.25, -0.2) is 4.79 Å². The molecule has 0 heterocycles. The Kier molecular flexibility index (Phi) is 7.41. The van der Waals surface area contributed by atoms with Crippen LogP contribution in [-0.2, 0) is 9.53 Å². The van der Waals surface area contributed by atoms with Crippen LogP contribution in [0, 0.1) is 0 Å². The number of hydrogen-bond acceptors (Lipinski definition) is 4. The molecule has 0 radical (unpaired) electrons. The predicted molar refractivity (Wildman–Crippen MR) is 136 cm³/mol. The van der Waals surface area contributed by atoms with Crippen LogP contribution >= 0.6 is 0 Å². The lowest BCUT2D eigenvalue weighted by Gasteiger charge is -2.10. The number of methoxy groups -OCH3 is 1. The first kappa shape index (κ1) is 22.9. The van der Waals surface area contributed by atoms with Crippen LogP contribution in [0.3, 0.4) is 0 Å². The van der Waals surface area contributed by atoms with Crippen molar-refractivity contribution in [3.63, 3.8) is 0 Å². The van der Waals surface area contributed by atoms with Crippen LogP contribution in [0.4, 0.5) is 0 Å². The molecule has 0 saturated heterocycles. The van der Waals surface area contributed by atoms with Crippen LogP contribution in [-0.4, -0.2) is 26.3 Å². The van der Waals surface area contributed by atoms with E-state index in [0.29, 0.717) is 6.61 Å². The first-order valence-electron chi connectivity index (χ1n) is 11.0. The quantitative estimate of drug-likeness (QED) is 0.160. The Morgan fingerprint density at radius 1 is 0.676 bits per heavy atom. The molecule has 0 aliphatic carbocycles. The molecule has 4 heteroatoms. The third-order valence-corrected chi connectivity index (χ3v) is 5.43. The fourth-order valence-electron chi connectivity index (χ4n) is 3.64. The monoisotopic (exact) mass is 450 g/mol. The molecule has 0 aromatic heterocycles. The van der Waals surface area contributed by atoms with Crippen molar-refractivity contribution in [1.82, 2.24) is 0 Å². The second-order valence-electron chi connectivity index (χ2n) is 7.63. The van der Waals surface area contributed by atoms with Gasteiger partial charge in [-0.1, -0.05) is 67.2 Å². The smallest absolute Gasteiger partial charge is 0.330 e. The van der Waals surface area contributed by atoms with Gasteiger partial charge in [0.25, 0.3) is 0 Å². The van der Waals surface area contributed by atoms with Crippen molar-refractivity contribution in [2.24, 2.45) is 0 Å². The molecule has 0 amide bonds. The zero-order chi connectivity index (χ0) is 23.8. The van der Waals surface area contributed by atoms with E-state index in [2.05, 4.69) is 67.2 Å². The van der Waals surface area contributed by atoms with Crippen molar-refractivity contribution in [2.45, 2.75) is 0 Å². The highest BCUT2D eigenvalue weighted by molar-refractivity contribution is 5.81. The largest absolute Gasteiger partial charge is 0.497 e. The first-order chi connectivity index (χ1) is 16.7. The zero-order valence-electron chi connectivity index (χ0n) is 19.1. The third kappa shape index (κ3) is 5.73. The van der Waals surface area contributed by atoms with E-state index < -0.39 is 5.97 Å². The van der Waals surface area contributed by atoms with Gasteiger partial charge >= 0.3 is 5.97 Å². The minimum atomic E-state index is -0.451. The Bertz CT molecular complexity index is 1260. The molecular formula is C30H26O4. The van der Waals surface area contributed by atoms with Crippen molar-refractivity contribution < 1.29 is 19.0 Å². The summed E-state index contributed by atoms with van der Waals surface area (Å²) in [5.74, 6) is 1.12. The second-order valence-corrected chi connectivity index (χ2v) is 7.63. The van der Waals surface area contributed by atoms with Crippen LogP contribution in [0.15, 0.2) is 110 Å². The maximum Gasteiger partial charge on any atom is 0.330 e. The van der Waals surface area contributed by atoms with Crippen LogP contribution in [0.1, 0.15) is 0 Å². The summed E-state index contributed by atoms with van der Waals surface area (Å²) in [6.45, 7) is 3.84. The summed E-state index contributed by atoms with van der Waals surface area (Å²) in [5, 5.41) is 0. The normalized spacial score (nSPS) is 10.4. The topological polar surface area (TPSA) is 44.8 Å². The molecule has 4 nitrogen and oxygen atoms in total. The molecule has 4 rings (SSSR count). The highest BCUT2D eigenvalue weighted by Crippen LogP contribution is 2.31. The first-order valence-corrected chi connectivity index (χ1v) is 11.0. The van der Waals surface area contributed by atoms with Gasteiger partial charge in [0, 0.05) is 6.08 Å². The van der Waals surface area contributed by atoms with Gasteiger partial charge in [0.05, 0.1) is 7.11 Å². The lowest BCUT2D eigenvalue weighted by molar-refractivity contribution is -0.138. The van der Waals surface area contributed by atoms with E-state index in [1.807, 2.05) is 36.4 Å². The summed E-state index contributed by atoms with van der Waals surface area (Å²) in [7, 11) is 1.67. The minimum absolute atomic E-state index is 0.185. The van der Waals surface area contributed by atoms with Gasteiger partial charge in [-0.2, -0.15) is 0 Å². The van der Waals surface area contributed by atoms with Gasteiger partial charge in [0.2, 0.25) is 0 Å². The van der Waals surface area contributed by atoms with Crippen molar-refractivity contribution >= 4 is 5.97 Å². The van der Waals surface area contributed by atoms with Gasteiger partial charge in [0.1, 0.15) is 24.7 Å². The molecule has 0 unspecified atom stereocenters. The molecule has 170 valence electrons. The molecule has 0 bridgehead atoms. The lowest BCUT2D eigenvalue weighted by atomic mass is 9.96. The molecule has 34 heavy (non-hydrogen) atoms. The van der Waals surface area contributed by atoms with Crippen molar-refractivity contribution in [1.29, 1.82) is 0 Å². The van der Waals surface area contributed by atoms with E-state index in [1.54, 1.807) is 7.11 Å². The average Bonchev–Trinajstić information content (AvgIpc) is 2.91. The molecule has 4 aromatic rings. The van der Waals surface area contributed by atoms with Crippen LogP contribution in [0.2, 0.25) is 0 Å². The van der Waals surface area contributed by atoms with E-state index in [1.165, 1.54) is 0 Å². The molecule has 0 N–H and O–H groups in total. The summed E-state index contributed by atoms with van der Waals surface area (Å²) >= 11 is 0. The van der Waals surface area contributed by atoms with E-state index in [-0.39, 0.29) is 6.61 Å². The van der Waals surface area contributed by atoms with Gasteiger partial charge in [-0.3, -0.25) is 0 Å². The summed E-state index contributed by atoms with van der Waals surface area (Å²) < 4.78 is 15.8. The zero-order valence-corrected chi connectivity index (χ0v) is 19.1. The SMILES string of the molecule is C=CC(=O)OCCOc1ccc(-c2cccc(-c3cccc(-c4ccc(OC)cc4)c3)c2)cc1. The number of benzene rings is 4. The Morgan fingerprint density at radius 3 is 1.62 bits per heavy atom. The Balaban J connectivity index is 1.48. The summed E-state index contributed by atoms with van der Waals surface area (Å²) in [6, 6.07) is 33.0. The van der Waals surface area contributed by atoms with E-state index >= 15 is 0 Å². The molecule has 0 saturated carbocycles. The van der Waals surface area contributed by atoms with E-state index in [9.17, 15) is 4.79 Å². The summed E-state index contributed by atoms with van der Waals surface area (Å²) in [4.78, 5) is 11.1. The number of carbonyl (C=O) groups is 1. The summed E-state index contributed by atoms with van der Waals surface area (Å²) in [6.07, 6.45) is 1.14. The molecule has 0 atom stereocenters. The maximum absolute atomic E-state index is 11.1.